The second-order valence-electron chi connectivity index (χ2n) is 6.98. The van der Waals surface area contributed by atoms with Gasteiger partial charge < -0.3 is 14.5 Å². The summed E-state index contributed by atoms with van der Waals surface area (Å²) < 4.78 is 33.6. The molecule has 5 heteroatoms. The largest absolute Gasteiger partial charge is 0.496 e. The normalized spacial score (nSPS) is 15.2. The zero-order valence-electron chi connectivity index (χ0n) is 16.4. The molecule has 1 heterocycles. The summed E-state index contributed by atoms with van der Waals surface area (Å²) in [6.45, 7) is 9.28. The number of halogens is 2. The predicted octanol–water partition coefficient (Wildman–Crippen LogP) is 4.73. The van der Waals surface area contributed by atoms with Crippen LogP contribution in [0.25, 0.3) is 11.1 Å². The Bertz CT molecular complexity index is 786. The molecular weight excluding hydrogens is 346 g/mol. The van der Waals surface area contributed by atoms with E-state index in [1.807, 2.05) is 6.07 Å². The van der Waals surface area contributed by atoms with Crippen molar-refractivity contribution in [3.63, 3.8) is 0 Å². The minimum absolute atomic E-state index is 0.375. The molecule has 2 aromatic carbocycles. The van der Waals surface area contributed by atoms with Gasteiger partial charge in [-0.15, -0.1) is 0 Å². The van der Waals surface area contributed by atoms with Crippen LogP contribution in [0.2, 0.25) is 0 Å². The van der Waals surface area contributed by atoms with E-state index in [0.29, 0.717) is 16.9 Å². The third kappa shape index (κ3) is 4.24. The average molecular weight is 374 g/mol. The molecule has 2 aromatic rings. The Kier molecular flexibility index (Phi) is 6.32. The molecule has 1 aliphatic heterocycles. The zero-order chi connectivity index (χ0) is 19.4. The van der Waals surface area contributed by atoms with Crippen molar-refractivity contribution in [1.82, 2.24) is 4.90 Å². The summed E-state index contributed by atoms with van der Waals surface area (Å²) in [7, 11) is 1.61. The van der Waals surface area contributed by atoms with Gasteiger partial charge in [-0.1, -0.05) is 20.3 Å². The highest BCUT2D eigenvalue weighted by atomic mass is 19.1. The molecule has 0 bridgehead atoms. The summed E-state index contributed by atoms with van der Waals surface area (Å²) in [6, 6.07) is 7.87. The minimum atomic E-state index is -0.573. The average Bonchev–Trinajstić information content (AvgIpc) is 2.68. The fourth-order valence-corrected chi connectivity index (χ4v) is 3.78. The lowest BCUT2D eigenvalue weighted by Gasteiger charge is -2.36. The molecule has 0 aromatic heterocycles. The lowest BCUT2D eigenvalue weighted by Crippen LogP contribution is -2.46. The summed E-state index contributed by atoms with van der Waals surface area (Å²) in [5.74, 6) is -0.460. The number of aryl methyl sites for hydroxylation is 1. The van der Waals surface area contributed by atoms with Gasteiger partial charge in [0.25, 0.3) is 0 Å². The number of methoxy groups -OCH3 is 1. The first kappa shape index (κ1) is 19.6. The van der Waals surface area contributed by atoms with Crippen molar-refractivity contribution >= 4 is 5.69 Å². The number of hydrogen-bond donors (Lipinski definition) is 0. The minimum Gasteiger partial charge on any atom is -0.496 e. The van der Waals surface area contributed by atoms with E-state index in [1.165, 1.54) is 12.1 Å². The molecule has 0 unspecified atom stereocenters. The number of anilines is 1. The lowest BCUT2D eigenvalue weighted by atomic mass is 9.97. The third-order valence-corrected chi connectivity index (χ3v) is 5.28. The standard InChI is InChI=1S/C22H28F2N2O/c1-4-6-16-13-18(26-11-9-25(5-2)10-12-26)15-20(22(16)27-3)19-8-7-17(23)14-21(19)24/h7-8,13-15H,4-6,9-12H2,1-3H3. The maximum absolute atomic E-state index is 14.5. The smallest absolute Gasteiger partial charge is 0.134 e. The molecule has 3 rings (SSSR count). The quantitative estimate of drug-likeness (QED) is 0.727. The van der Waals surface area contributed by atoms with Crippen LogP contribution in [0.5, 0.6) is 5.75 Å². The van der Waals surface area contributed by atoms with Crippen LogP contribution in [0.15, 0.2) is 30.3 Å². The number of piperazine rings is 1. The van der Waals surface area contributed by atoms with E-state index in [0.717, 1.165) is 62.9 Å². The van der Waals surface area contributed by atoms with Crippen molar-refractivity contribution in [3.05, 3.63) is 47.5 Å². The summed E-state index contributed by atoms with van der Waals surface area (Å²) >= 11 is 0. The Balaban J connectivity index is 2.06. The molecule has 0 amide bonds. The van der Waals surface area contributed by atoms with Crippen molar-refractivity contribution in [3.8, 4) is 16.9 Å². The van der Waals surface area contributed by atoms with E-state index in [1.54, 1.807) is 7.11 Å². The van der Waals surface area contributed by atoms with Gasteiger partial charge in [0.1, 0.15) is 17.4 Å². The van der Waals surface area contributed by atoms with Gasteiger partial charge in [-0.25, -0.2) is 8.78 Å². The van der Waals surface area contributed by atoms with Gasteiger partial charge in [0.15, 0.2) is 0 Å². The molecule has 1 aliphatic rings. The van der Waals surface area contributed by atoms with Gasteiger partial charge in [-0.3, -0.25) is 0 Å². The van der Waals surface area contributed by atoms with E-state index in [4.69, 9.17) is 4.74 Å². The van der Waals surface area contributed by atoms with Crippen molar-refractivity contribution < 1.29 is 13.5 Å². The van der Waals surface area contributed by atoms with E-state index >= 15 is 0 Å². The Hall–Kier alpha value is -2.14. The number of likely N-dealkylation sites (N-methyl/N-ethyl adjacent to an activating group) is 1. The van der Waals surface area contributed by atoms with Crippen molar-refractivity contribution in [2.24, 2.45) is 0 Å². The Morgan fingerprint density at radius 1 is 0.963 bits per heavy atom. The van der Waals surface area contributed by atoms with Crippen LogP contribution in [0.3, 0.4) is 0 Å². The maximum Gasteiger partial charge on any atom is 0.134 e. The van der Waals surface area contributed by atoms with Crippen LogP contribution >= 0.6 is 0 Å². The fourth-order valence-electron chi connectivity index (χ4n) is 3.78. The van der Waals surface area contributed by atoms with Crippen molar-refractivity contribution in [2.75, 3.05) is 44.7 Å². The first-order valence-corrected chi connectivity index (χ1v) is 9.71. The molecule has 0 saturated carbocycles. The van der Waals surface area contributed by atoms with Crippen LogP contribution in [0, 0.1) is 11.6 Å². The van der Waals surface area contributed by atoms with Gasteiger partial charge in [0, 0.05) is 49.1 Å². The van der Waals surface area contributed by atoms with Gasteiger partial charge in [-0.2, -0.15) is 0 Å². The second kappa shape index (κ2) is 8.70. The Morgan fingerprint density at radius 2 is 1.70 bits per heavy atom. The highest BCUT2D eigenvalue weighted by Gasteiger charge is 2.21. The Morgan fingerprint density at radius 3 is 2.30 bits per heavy atom. The van der Waals surface area contributed by atoms with Crippen LogP contribution in [-0.4, -0.2) is 44.7 Å². The number of nitrogens with zero attached hydrogens (tertiary/aromatic N) is 2. The highest BCUT2D eigenvalue weighted by molar-refractivity contribution is 5.77. The molecule has 146 valence electrons. The summed E-state index contributed by atoms with van der Waals surface area (Å²) in [5, 5.41) is 0. The van der Waals surface area contributed by atoms with Gasteiger partial charge in [0.05, 0.1) is 7.11 Å². The van der Waals surface area contributed by atoms with Crippen molar-refractivity contribution in [2.45, 2.75) is 26.7 Å². The second-order valence-corrected chi connectivity index (χ2v) is 6.98. The molecule has 0 spiro atoms. The highest BCUT2D eigenvalue weighted by Crippen LogP contribution is 2.39. The molecule has 1 fully saturated rings. The monoisotopic (exact) mass is 374 g/mol. The van der Waals surface area contributed by atoms with E-state index in [9.17, 15) is 8.78 Å². The number of ether oxygens (including phenoxy) is 1. The first-order valence-electron chi connectivity index (χ1n) is 9.71. The predicted molar refractivity (Wildman–Crippen MR) is 107 cm³/mol. The maximum atomic E-state index is 14.5. The number of hydrogen-bond acceptors (Lipinski definition) is 3. The lowest BCUT2D eigenvalue weighted by molar-refractivity contribution is 0.271. The van der Waals surface area contributed by atoms with Gasteiger partial charge in [0.2, 0.25) is 0 Å². The SMILES string of the molecule is CCCc1cc(N2CCN(CC)CC2)cc(-c2ccc(F)cc2F)c1OC. The van der Waals surface area contributed by atoms with Crippen LogP contribution in [0.4, 0.5) is 14.5 Å². The summed E-state index contributed by atoms with van der Waals surface area (Å²) in [4.78, 5) is 4.77. The molecule has 0 N–H and O–H groups in total. The molecule has 0 radical (unpaired) electrons. The molecule has 27 heavy (non-hydrogen) atoms. The van der Waals surface area contributed by atoms with E-state index < -0.39 is 11.6 Å². The molecular formula is C22H28F2N2O. The molecule has 3 nitrogen and oxygen atoms in total. The van der Waals surface area contributed by atoms with Gasteiger partial charge >= 0.3 is 0 Å². The molecule has 0 aliphatic carbocycles. The van der Waals surface area contributed by atoms with E-state index in [-0.39, 0.29) is 0 Å². The summed E-state index contributed by atoms with van der Waals surface area (Å²) in [5.41, 5.74) is 3.20. The number of rotatable bonds is 6. The van der Waals surface area contributed by atoms with Crippen LogP contribution in [0.1, 0.15) is 25.8 Å². The topological polar surface area (TPSA) is 15.7 Å². The molecule has 1 saturated heterocycles. The number of benzene rings is 2. The van der Waals surface area contributed by atoms with Crippen LogP contribution in [-0.2, 0) is 6.42 Å². The molecule has 0 atom stereocenters. The Labute approximate surface area is 160 Å². The fraction of sp³-hybridized carbons (Fsp3) is 0.455. The first-order chi connectivity index (χ1) is 13.1. The van der Waals surface area contributed by atoms with Gasteiger partial charge in [-0.05, 0) is 42.8 Å². The van der Waals surface area contributed by atoms with E-state index in [2.05, 4.69) is 29.7 Å². The zero-order valence-corrected chi connectivity index (χ0v) is 16.4. The third-order valence-electron chi connectivity index (χ3n) is 5.28. The summed E-state index contributed by atoms with van der Waals surface area (Å²) in [6.07, 6.45) is 1.82. The van der Waals surface area contributed by atoms with Crippen molar-refractivity contribution in [1.29, 1.82) is 0 Å². The van der Waals surface area contributed by atoms with Crippen LogP contribution < -0.4 is 9.64 Å².